The topological polar surface area (TPSA) is 49.3 Å². The minimum Gasteiger partial charge on any atom is -0.361 e. The van der Waals surface area contributed by atoms with Gasteiger partial charge in [0.1, 0.15) is 0 Å². The van der Waals surface area contributed by atoms with E-state index in [1.807, 2.05) is 48.2 Å². The molecule has 0 atom stereocenters. The van der Waals surface area contributed by atoms with Crippen LogP contribution in [0.15, 0.2) is 42.5 Å². The van der Waals surface area contributed by atoms with Crippen molar-refractivity contribution in [1.82, 2.24) is 15.1 Å². The molecule has 1 aliphatic carbocycles. The molecule has 1 amide bonds. The summed E-state index contributed by atoms with van der Waals surface area (Å²) in [7, 11) is 3.83. The summed E-state index contributed by atoms with van der Waals surface area (Å²) in [4.78, 5) is 16.9. The summed E-state index contributed by atoms with van der Waals surface area (Å²) in [6.07, 6.45) is 5.44. The third-order valence-corrected chi connectivity index (χ3v) is 4.84. The van der Waals surface area contributed by atoms with Gasteiger partial charge in [0.05, 0.1) is 0 Å². The average molecular weight is 338 g/mol. The second kappa shape index (κ2) is 8.10. The first-order valence-corrected chi connectivity index (χ1v) is 9.01. The molecule has 132 valence electrons. The molecule has 5 nitrogen and oxygen atoms in total. The molecule has 1 heterocycles. The van der Waals surface area contributed by atoms with Crippen LogP contribution in [-0.4, -0.2) is 47.7 Å². The summed E-state index contributed by atoms with van der Waals surface area (Å²) in [5.74, 6) is 0.758. The monoisotopic (exact) mass is 338 g/mol. The Morgan fingerprint density at radius 3 is 2.36 bits per heavy atom. The predicted octanol–water partition coefficient (Wildman–Crippen LogP) is 3.17. The fraction of sp³-hybridized carbons (Fsp3) is 0.450. The Balaban J connectivity index is 1.74. The summed E-state index contributed by atoms with van der Waals surface area (Å²) < 4.78 is 0. The van der Waals surface area contributed by atoms with Gasteiger partial charge in [0, 0.05) is 26.7 Å². The van der Waals surface area contributed by atoms with E-state index >= 15 is 0 Å². The van der Waals surface area contributed by atoms with E-state index in [0.29, 0.717) is 11.7 Å². The number of benzene rings is 1. The molecule has 0 unspecified atom stereocenters. The van der Waals surface area contributed by atoms with Gasteiger partial charge in [-0.05, 0) is 37.0 Å². The van der Waals surface area contributed by atoms with Crippen LogP contribution in [0.5, 0.6) is 0 Å². The minimum atomic E-state index is 0.000590. The van der Waals surface area contributed by atoms with E-state index in [9.17, 15) is 4.79 Å². The second-order valence-electron chi connectivity index (χ2n) is 6.84. The lowest BCUT2D eigenvalue weighted by Gasteiger charge is -2.29. The molecule has 0 radical (unpaired) electrons. The van der Waals surface area contributed by atoms with E-state index < -0.39 is 0 Å². The van der Waals surface area contributed by atoms with Gasteiger partial charge in [-0.2, -0.15) is 0 Å². The first-order valence-electron chi connectivity index (χ1n) is 9.01. The Hall–Kier alpha value is -2.43. The molecule has 3 rings (SSSR count). The molecule has 1 aromatic carbocycles. The van der Waals surface area contributed by atoms with Crippen LogP contribution < -0.4 is 4.90 Å². The molecule has 0 N–H and O–H groups in total. The van der Waals surface area contributed by atoms with Gasteiger partial charge in [-0.3, -0.25) is 4.79 Å². The predicted molar refractivity (Wildman–Crippen MR) is 99.8 cm³/mol. The summed E-state index contributed by atoms with van der Waals surface area (Å²) in [5.41, 5.74) is 1.69. The molecule has 5 heteroatoms. The van der Waals surface area contributed by atoms with Crippen molar-refractivity contribution < 1.29 is 4.79 Å². The van der Waals surface area contributed by atoms with Crippen molar-refractivity contribution in [1.29, 1.82) is 0 Å². The number of hydrogen-bond donors (Lipinski definition) is 0. The zero-order valence-corrected chi connectivity index (χ0v) is 15.1. The average Bonchev–Trinajstić information content (AvgIpc) is 3.17. The van der Waals surface area contributed by atoms with Gasteiger partial charge in [0.15, 0.2) is 11.5 Å². The highest BCUT2D eigenvalue weighted by molar-refractivity contribution is 5.92. The van der Waals surface area contributed by atoms with Gasteiger partial charge >= 0.3 is 0 Å². The molecule has 0 saturated heterocycles. The number of aromatic nitrogens is 2. The van der Waals surface area contributed by atoms with Crippen LogP contribution in [0.25, 0.3) is 0 Å². The van der Waals surface area contributed by atoms with Crippen molar-refractivity contribution in [2.24, 2.45) is 0 Å². The zero-order chi connectivity index (χ0) is 17.6. The maximum Gasteiger partial charge on any atom is 0.274 e. The lowest BCUT2D eigenvalue weighted by atomic mass is 10.1. The Kier molecular flexibility index (Phi) is 5.64. The fourth-order valence-corrected chi connectivity index (χ4v) is 3.39. The van der Waals surface area contributed by atoms with Gasteiger partial charge in [-0.25, -0.2) is 0 Å². The number of hydrogen-bond acceptors (Lipinski definition) is 4. The molecule has 1 aromatic heterocycles. The first-order chi connectivity index (χ1) is 12.1. The number of nitrogens with zero attached hydrogens (tertiary/aromatic N) is 4. The highest BCUT2D eigenvalue weighted by Gasteiger charge is 2.28. The van der Waals surface area contributed by atoms with Gasteiger partial charge in [0.2, 0.25) is 0 Å². The SMILES string of the molecule is CN(C)c1ccc(C(=O)N(CCc2ccccc2)C2CCCC2)nn1. The highest BCUT2D eigenvalue weighted by Crippen LogP contribution is 2.25. The molecule has 0 spiro atoms. The van der Waals surface area contributed by atoms with E-state index in [0.717, 1.165) is 31.6 Å². The van der Waals surface area contributed by atoms with Crippen molar-refractivity contribution in [2.75, 3.05) is 25.5 Å². The van der Waals surface area contributed by atoms with E-state index in [4.69, 9.17) is 0 Å². The van der Waals surface area contributed by atoms with Crippen molar-refractivity contribution in [3.63, 3.8) is 0 Å². The molecular weight excluding hydrogens is 312 g/mol. The van der Waals surface area contributed by atoms with Crippen LogP contribution in [0.1, 0.15) is 41.7 Å². The Labute approximate surface area is 149 Å². The summed E-state index contributed by atoms with van der Waals surface area (Å²) in [6.45, 7) is 0.727. The number of amides is 1. The van der Waals surface area contributed by atoms with Crippen LogP contribution in [0, 0.1) is 0 Å². The van der Waals surface area contributed by atoms with Crippen LogP contribution >= 0.6 is 0 Å². The van der Waals surface area contributed by atoms with E-state index in [-0.39, 0.29) is 5.91 Å². The van der Waals surface area contributed by atoms with Crippen LogP contribution in [-0.2, 0) is 6.42 Å². The fourth-order valence-electron chi connectivity index (χ4n) is 3.39. The van der Waals surface area contributed by atoms with E-state index in [1.165, 1.54) is 18.4 Å². The lowest BCUT2D eigenvalue weighted by molar-refractivity contribution is 0.0676. The third kappa shape index (κ3) is 4.35. The first kappa shape index (κ1) is 17.4. The Bertz CT molecular complexity index is 679. The maximum atomic E-state index is 13.0. The van der Waals surface area contributed by atoms with Gasteiger partial charge < -0.3 is 9.80 Å². The smallest absolute Gasteiger partial charge is 0.274 e. The molecule has 1 fully saturated rings. The van der Waals surface area contributed by atoms with Gasteiger partial charge in [0.25, 0.3) is 5.91 Å². The van der Waals surface area contributed by atoms with Crippen LogP contribution in [0.3, 0.4) is 0 Å². The number of carbonyl (C=O) groups excluding carboxylic acids is 1. The largest absolute Gasteiger partial charge is 0.361 e. The molecule has 25 heavy (non-hydrogen) atoms. The van der Waals surface area contributed by atoms with Crippen molar-refractivity contribution in [2.45, 2.75) is 38.1 Å². The van der Waals surface area contributed by atoms with E-state index in [1.54, 1.807) is 6.07 Å². The summed E-state index contributed by atoms with van der Waals surface area (Å²) >= 11 is 0. The molecule has 0 bridgehead atoms. The second-order valence-corrected chi connectivity index (χ2v) is 6.84. The molecule has 1 aliphatic rings. The summed E-state index contributed by atoms with van der Waals surface area (Å²) in [6, 6.07) is 14.3. The van der Waals surface area contributed by atoms with Crippen molar-refractivity contribution in [3.05, 3.63) is 53.7 Å². The van der Waals surface area contributed by atoms with Gasteiger partial charge in [-0.1, -0.05) is 43.2 Å². The number of anilines is 1. The van der Waals surface area contributed by atoms with Crippen molar-refractivity contribution in [3.8, 4) is 0 Å². The number of carbonyl (C=O) groups is 1. The van der Waals surface area contributed by atoms with Crippen LogP contribution in [0.4, 0.5) is 5.82 Å². The number of rotatable bonds is 6. The normalized spacial score (nSPS) is 14.5. The van der Waals surface area contributed by atoms with Crippen molar-refractivity contribution >= 4 is 11.7 Å². The third-order valence-electron chi connectivity index (χ3n) is 4.84. The van der Waals surface area contributed by atoms with Crippen LogP contribution in [0.2, 0.25) is 0 Å². The standard InChI is InChI=1S/C20H26N4O/c1-23(2)19-13-12-18(21-22-19)20(25)24(17-10-6-7-11-17)15-14-16-8-4-3-5-9-16/h3-5,8-9,12-13,17H,6-7,10-11,14-15H2,1-2H3. The van der Waals surface area contributed by atoms with Gasteiger partial charge in [-0.15, -0.1) is 10.2 Å². The summed E-state index contributed by atoms with van der Waals surface area (Å²) in [5, 5.41) is 8.32. The van der Waals surface area contributed by atoms with E-state index in [2.05, 4.69) is 22.3 Å². The Morgan fingerprint density at radius 2 is 1.76 bits per heavy atom. The quantitative estimate of drug-likeness (QED) is 0.812. The molecule has 1 saturated carbocycles. The maximum absolute atomic E-state index is 13.0. The molecular formula is C20H26N4O. The highest BCUT2D eigenvalue weighted by atomic mass is 16.2. The Morgan fingerprint density at radius 1 is 1.04 bits per heavy atom. The zero-order valence-electron chi connectivity index (χ0n) is 15.1. The molecule has 0 aliphatic heterocycles. The minimum absolute atomic E-state index is 0.000590. The lowest BCUT2D eigenvalue weighted by Crippen LogP contribution is -2.40. The molecule has 2 aromatic rings.